The van der Waals surface area contributed by atoms with E-state index >= 15 is 0 Å². The zero-order valence-corrected chi connectivity index (χ0v) is 11.5. The summed E-state index contributed by atoms with van der Waals surface area (Å²) >= 11 is 5.71. The lowest BCUT2D eigenvalue weighted by Crippen LogP contribution is -2.20. The lowest BCUT2D eigenvalue weighted by molar-refractivity contribution is -0.137. The average Bonchev–Trinajstić information content (AvgIpc) is 2.36. The first-order valence-electron chi connectivity index (χ1n) is 6.18. The molecular formula is C15H12ClF4N. The molecule has 0 aliphatic heterocycles. The maximum Gasteiger partial charge on any atom is 0.391 e. The number of rotatable bonds is 4. The smallest absolute Gasteiger partial charge is 0.378 e. The second-order valence-electron chi connectivity index (χ2n) is 4.59. The Morgan fingerprint density at radius 3 is 2.29 bits per heavy atom. The maximum atomic E-state index is 13.3. The van der Waals surface area contributed by atoms with Gasteiger partial charge in [-0.25, -0.2) is 4.39 Å². The quantitative estimate of drug-likeness (QED) is 0.725. The molecule has 2 rings (SSSR count). The molecule has 0 fully saturated rings. The number of alkyl halides is 3. The van der Waals surface area contributed by atoms with Crippen molar-refractivity contribution in [2.24, 2.45) is 0 Å². The van der Waals surface area contributed by atoms with Gasteiger partial charge < -0.3 is 5.32 Å². The van der Waals surface area contributed by atoms with Crippen LogP contribution in [0.2, 0.25) is 5.02 Å². The van der Waals surface area contributed by atoms with Gasteiger partial charge in [-0.1, -0.05) is 41.9 Å². The molecule has 0 aliphatic carbocycles. The summed E-state index contributed by atoms with van der Waals surface area (Å²) in [6.45, 7) is 0. The van der Waals surface area contributed by atoms with Gasteiger partial charge in [0.15, 0.2) is 0 Å². The second kappa shape index (κ2) is 6.35. The molecule has 6 heteroatoms. The molecule has 1 N–H and O–H groups in total. The molecule has 2 aromatic rings. The zero-order chi connectivity index (χ0) is 15.5. The molecule has 112 valence electrons. The summed E-state index contributed by atoms with van der Waals surface area (Å²) in [5.41, 5.74) is 0.674. The van der Waals surface area contributed by atoms with Crippen molar-refractivity contribution in [3.8, 4) is 0 Å². The number of nitrogens with one attached hydrogen (secondary N) is 1. The van der Waals surface area contributed by atoms with E-state index in [1.54, 1.807) is 30.3 Å². The maximum absolute atomic E-state index is 13.3. The van der Waals surface area contributed by atoms with Crippen molar-refractivity contribution in [3.63, 3.8) is 0 Å². The fourth-order valence-electron chi connectivity index (χ4n) is 2.01. The Hall–Kier alpha value is -1.75. The van der Waals surface area contributed by atoms with Crippen LogP contribution in [0, 0.1) is 5.82 Å². The topological polar surface area (TPSA) is 12.0 Å². The van der Waals surface area contributed by atoms with Crippen molar-refractivity contribution in [3.05, 3.63) is 64.9 Å². The minimum atomic E-state index is -4.34. The van der Waals surface area contributed by atoms with Gasteiger partial charge in [-0.05, 0) is 23.8 Å². The molecule has 0 saturated heterocycles. The van der Waals surface area contributed by atoms with E-state index < -0.39 is 24.5 Å². The first-order valence-corrected chi connectivity index (χ1v) is 6.55. The summed E-state index contributed by atoms with van der Waals surface area (Å²) in [7, 11) is 0. The van der Waals surface area contributed by atoms with Crippen LogP contribution in [0.25, 0.3) is 0 Å². The molecule has 0 amide bonds. The van der Waals surface area contributed by atoms with E-state index in [4.69, 9.17) is 11.6 Å². The Bertz CT molecular complexity index is 578. The summed E-state index contributed by atoms with van der Waals surface area (Å²) in [5, 5.41) is 2.81. The summed E-state index contributed by atoms with van der Waals surface area (Å²) in [4.78, 5) is 0. The highest BCUT2D eigenvalue weighted by atomic mass is 35.5. The predicted molar refractivity (Wildman–Crippen MR) is 74.9 cm³/mol. The Labute approximate surface area is 124 Å². The molecule has 0 aliphatic rings. The molecule has 0 spiro atoms. The molecule has 2 aromatic carbocycles. The highest BCUT2D eigenvalue weighted by molar-refractivity contribution is 6.30. The molecule has 1 nitrogen and oxygen atoms in total. The molecule has 1 unspecified atom stereocenters. The van der Waals surface area contributed by atoms with E-state index in [9.17, 15) is 17.6 Å². The van der Waals surface area contributed by atoms with E-state index in [2.05, 4.69) is 5.32 Å². The first-order chi connectivity index (χ1) is 9.83. The normalized spacial score (nSPS) is 13.0. The molecule has 0 aromatic heterocycles. The number of halogens is 5. The van der Waals surface area contributed by atoms with Crippen LogP contribution >= 0.6 is 11.6 Å². The largest absolute Gasteiger partial charge is 0.391 e. The lowest BCUT2D eigenvalue weighted by Gasteiger charge is -2.22. The summed E-state index contributed by atoms with van der Waals surface area (Å²) in [6.07, 6.45) is -5.41. The van der Waals surface area contributed by atoms with Crippen LogP contribution in [0.1, 0.15) is 18.0 Å². The third kappa shape index (κ3) is 4.93. The summed E-state index contributed by atoms with van der Waals surface area (Å²) in [6, 6.07) is 10.8. The van der Waals surface area contributed by atoms with Gasteiger partial charge >= 0.3 is 6.18 Å². The molecular weight excluding hydrogens is 306 g/mol. The third-order valence-corrected chi connectivity index (χ3v) is 3.06. The minimum Gasteiger partial charge on any atom is -0.378 e. The summed E-state index contributed by atoms with van der Waals surface area (Å²) in [5.74, 6) is -0.608. The number of hydrogen-bond donors (Lipinski definition) is 1. The van der Waals surface area contributed by atoms with Crippen LogP contribution in [-0.2, 0) is 0 Å². The van der Waals surface area contributed by atoms with E-state index in [1.165, 1.54) is 6.07 Å². The molecule has 0 radical (unpaired) electrons. The van der Waals surface area contributed by atoms with Crippen molar-refractivity contribution in [1.29, 1.82) is 0 Å². The average molecular weight is 318 g/mol. The van der Waals surface area contributed by atoms with Crippen LogP contribution in [-0.4, -0.2) is 6.18 Å². The Balaban J connectivity index is 2.27. The molecule has 0 bridgehead atoms. The second-order valence-corrected chi connectivity index (χ2v) is 5.02. The fourth-order valence-corrected chi connectivity index (χ4v) is 2.23. The van der Waals surface area contributed by atoms with Gasteiger partial charge in [-0.2, -0.15) is 13.2 Å². The van der Waals surface area contributed by atoms with Crippen LogP contribution < -0.4 is 5.32 Å². The highest BCUT2D eigenvalue weighted by Crippen LogP contribution is 2.32. The standard InChI is InChI=1S/C15H12ClF4N/c16-11-6-12(17)8-13(7-11)21-14(9-15(18,19)20)10-4-2-1-3-5-10/h1-8,14,21H,9H2. The van der Waals surface area contributed by atoms with Crippen LogP contribution in [0.5, 0.6) is 0 Å². The van der Waals surface area contributed by atoms with Crippen LogP contribution in [0.3, 0.4) is 0 Å². The molecule has 1 atom stereocenters. The first kappa shape index (κ1) is 15.6. The number of benzene rings is 2. The van der Waals surface area contributed by atoms with Crippen molar-refractivity contribution >= 4 is 17.3 Å². The van der Waals surface area contributed by atoms with E-state index in [0.717, 1.165) is 12.1 Å². The number of hydrogen-bond acceptors (Lipinski definition) is 1. The minimum absolute atomic E-state index is 0.122. The van der Waals surface area contributed by atoms with E-state index in [-0.39, 0.29) is 10.7 Å². The van der Waals surface area contributed by atoms with Gasteiger partial charge in [-0.3, -0.25) is 0 Å². The predicted octanol–water partition coefficient (Wildman–Crippen LogP) is 5.58. The van der Waals surface area contributed by atoms with Gasteiger partial charge in [0.1, 0.15) is 5.82 Å². The SMILES string of the molecule is Fc1cc(Cl)cc(NC(CC(F)(F)F)c2ccccc2)c1. The molecule has 0 saturated carbocycles. The Morgan fingerprint density at radius 2 is 1.71 bits per heavy atom. The van der Waals surface area contributed by atoms with Gasteiger partial charge in [0.25, 0.3) is 0 Å². The van der Waals surface area contributed by atoms with Crippen molar-refractivity contribution in [2.75, 3.05) is 5.32 Å². The lowest BCUT2D eigenvalue weighted by atomic mass is 10.0. The summed E-state index contributed by atoms with van der Waals surface area (Å²) < 4.78 is 51.4. The molecule has 21 heavy (non-hydrogen) atoms. The van der Waals surface area contributed by atoms with Gasteiger partial charge in [0.2, 0.25) is 0 Å². The van der Waals surface area contributed by atoms with E-state index in [1.807, 2.05) is 0 Å². The van der Waals surface area contributed by atoms with Gasteiger partial charge in [0, 0.05) is 10.7 Å². The fraction of sp³-hybridized carbons (Fsp3) is 0.200. The molecule has 0 heterocycles. The Kier molecular flexibility index (Phi) is 4.73. The number of anilines is 1. The van der Waals surface area contributed by atoms with Crippen molar-refractivity contribution in [1.82, 2.24) is 0 Å². The van der Waals surface area contributed by atoms with Crippen LogP contribution in [0.4, 0.5) is 23.2 Å². The van der Waals surface area contributed by atoms with Gasteiger partial charge in [0.05, 0.1) is 12.5 Å². The van der Waals surface area contributed by atoms with Gasteiger partial charge in [-0.15, -0.1) is 0 Å². The highest BCUT2D eigenvalue weighted by Gasteiger charge is 2.32. The zero-order valence-electron chi connectivity index (χ0n) is 10.8. The Morgan fingerprint density at radius 1 is 1.05 bits per heavy atom. The van der Waals surface area contributed by atoms with Crippen molar-refractivity contribution < 1.29 is 17.6 Å². The monoisotopic (exact) mass is 317 g/mol. The van der Waals surface area contributed by atoms with Crippen molar-refractivity contribution in [2.45, 2.75) is 18.6 Å². The van der Waals surface area contributed by atoms with Crippen LogP contribution in [0.15, 0.2) is 48.5 Å². The third-order valence-electron chi connectivity index (χ3n) is 2.84. The van der Waals surface area contributed by atoms with E-state index in [0.29, 0.717) is 5.56 Å².